The Morgan fingerprint density at radius 2 is 2.07 bits per heavy atom. The predicted molar refractivity (Wildman–Crippen MR) is 115 cm³/mol. The normalized spacial score (nSPS) is 16.4. The van der Waals surface area contributed by atoms with Crippen LogP contribution in [0.25, 0.3) is 22.2 Å². The third-order valence-electron chi connectivity index (χ3n) is 5.36. The van der Waals surface area contributed by atoms with E-state index >= 15 is 0 Å². The molecule has 1 N–H and O–H groups in total. The van der Waals surface area contributed by atoms with Gasteiger partial charge in [0.1, 0.15) is 12.4 Å². The molecule has 2 aromatic carbocycles. The highest BCUT2D eigenvalue weighted by Crippen LogP contribution is 2.33. The third-order valence-corrected chi connectivity index (χ3v) is 6.05. The van der Waals surface area contributed by atoms with E-state index in [1.807, 2.05) is 36.4 Å². The van der Waals surface area contributed by atoms with Crippen LogP contribution < -0.4 is 0 Å². The number of rotatable bonds is 4. The molecule has 6 heteroatoms. The molecule has 1 saturated heterocycles. The molecule has 3 heterocycles. The summed E-state index contributed by atoms with van der Waals surface area (Å²) in [5.41, 5.74) is 5.28. The van der Waals surface area contributed by atoms with Gasteiger partial charge in [0.25, 0.3) is 0 Å². The van der Waals surface area contributed by atoms with E-state index in [1.54, 1.807) is 16.2 Å². The second-order valence-corrected chi connectivity index (χ2v) is 8.04. The summed E-state index contributed by atoms with van der Waals surface area (Å²) in [6.07, 6.45) is 1.55. The van der Waals surface area contributed by atoms with Gasteiger partial charge in [0.05, 0.1) is 17.1 Å². The van der Waals surface area contributed by atoms with Crippen molar-refractivity contribution < 1.29 is 9.53 Å². The van der Waals surface area contributed by atoms with Crippen LogP contribution in [0.2, 0.25) is 0 Å². The summed E-state index contributed by atoms with van der Waals surface area (Å²) in [6, 6.07) is 18.1. The number of carbonyl (C=O) groups excluding carboxylic acids is 1. The van der Waals surface area contributed by atoms with Crippen molar-refractivity contribution in [2.45, 2.75) is 25.5 Å². The van der Waals surface area contributed by atoms with Gasteiger partial charge in [0.2, 0.25) is 0 Å². The fraction of sp³-hybridized carbons (Fsp3) is 0.217. The Bertz CT molecular complexity index is 1120. The monoisotopic (exact) mass is 403 g/mol. The van der Waals surface area contributed by atoms with Crippen LogP contribution >= 0.6 is 11.3 Å². The molecular formula is C23H21N3O2S. The Morgan fingerprint density at radius 3 is 2.90 bits per heavy atom. The molecule has 0 bridgehead atoms. The van der Waals surface area contributed by atoms with Gasteiger partial charge in [0, 0.05) is 6.54 Å². The number of carbonyl (C=O) groups is 1. The number of fused-ring (bicyclic) bond motifs is 1. The van der Waals surface area contributed by atoms with Crippen LogP contribution in [-0.2, 0) is 11.3 Å². The van der Waals surface area contributed by atoms with Crippen LogP contribution in [0.3, 0.4) is 0 Å². The second-order valence-electron chi connectivity index (χ2n) is 7.26. The number of nitrogens with zero attached hydrogens (tertiary/aromatic N) is 2. The van der Waals surface area contributed by atoms with Gasteiger partial charge >= 0.3 is 6.09 Å². The first kappa shape index (κ1) is 17.9. The lowest BCUT2D eigenvalue weighted by atomic mass is 10.1. The smallest absolute Gasteiger partial charge is 0.410 e. The highest BCUT2D eigenvalue weighted by molar-refractivity contribution is 7.08. The first-order valence-electron chi connectivity index (χ1n) is 9.77. The zero-order valence-corrected chi connectivity index (χ0v) is 16.7. The number of thiophene rings is 1. The number of ether oxygens (including phenoxy) is 1. The largest absolute Gasteiger partial charge is 0.445 e. The van der Waals surface area contributed by atoms with Crippen LogP contribution in [0.1, 0.15) is 30.3 Å². The lowest BCUT2D eigenvalue weighted by Gasteiger charge is -2.22. The second kappa shape index (κ2) is 7.72. The molecule has 146 valence electrons. The summed E-state index contributed by atoms with van der Waals surface area (Å²) in [7, 11) is 0. The van der Waals surface area contributed by atoms with Gasteiger partial charge in [-0.15, -0.1) is 0 Å². The minimum absolute atomic E-state index is 0.0738. The minimum Gasteiger partial charge on any atom is -0.445 e. The highest BCUT2D eigenvalue weighted by atomic mass is 32.1. The van der Waals surface area contributed by atoms with Crippen molar-refractivity contribution in [1.29, 1.82) is 0 Å². The number of imidazole rings is 1. The number of aromatic amines is 1. The van der Waals surface area contributed by atoms with Crippen LogP contribution in [0.15, 0.2) is 65.4 Å². The molecular weight excluding hydrogens is 382 g/mol. The van der Waals surface area contributed by atoms with E-state index in [-0.39, 0.29) is 18.7 Å². The Morgan fingerprint density at radius 1 is 1.17 bits per heavy atom. The molecule has 0 aliphatic carbocycles. The van der Waals surface area contributed by atoms with E-state index < -0.39 is 0 Å². The fourth-order valence-corrected chi connectivity index (χ4v) is 4.53. The summed E-state index contributed by atoms with van der Waals surface area (Å²) in [6.45, 7) is 0.975. The van der Waals surface area contributed by atoms with E-state index in [1.165, 1.54) is 11.1 Å². The summed E-state index contributed by atoms with van der Waals surface area (Å²) >= 11 is 1.69. The molecule has 1 fully saturated rings. The Balaban J connectivity index is 1.35. The zero-order chi connectivity index (χ0) is 19.6. The van der Waals surface area contributed by atoms with Gasteiger partial charge in [-0.2, -0.15) is 11.3 Å². The van der Waals surface area contributed by atoms with Crippen molar-refractivity contribution in [1.82, 2.24) is 14.9 Å². The molecule has 0 radical (unpaired) electrons. The van der Waals surface area contributed by atoms with Gasteiger partial charge in [0.15, 0.2) is 0 Å². The van der Waals surface area contributed by atoms with Crippen LogP contribution in [0, 0.1) is 0 Å². The van der Waals surface area contributed by atoms with Crippen molar-refractivity contribution in [3.05, 3.63) is 76.7 Å². The molecule has 29 heavy (non-hydrogen) atoms. The quantitative estimate of drug-likeness (QED) is 0.471. The zero-order valence-electron chi connectivity index (χ0n) is 15.9. The van der Waals surface area contributed by atoms with Crippen molar-refractivity contribution in [3.8, 4) is 11.1 Å². The van der Waals surface area contributed by atoms with E-state index in [2.05, 4.69) is 33.9 Å². The Labute approximate surface area is 173 Å². The molecule has 1 aliphatic rings. The molecule has 1 atom stereocenters. The number of hydrogen-bond acceptors (Lipinski definition) is 4. The molecule has 1 aliphatic heterocycles. The number of nitrogens with one attached hydrogen (secondary N) is 1. The topological polar surface area (TPSA) is 58.2 Å². The minimum atomic E-state index is -0.282. The molecule has 5 nitrogen and oxygen atoms in total. The van der Waals surface area contributed by atoms with Gasteiger partial charge in [-0.25, -0.2) is 9.78 Å². The summed E-state index contributed by atoms with van der Waals surface area (Å²) < 4.78 is 5.55. The standard InChI is InChI=1S/C23H21N3O2S/c27-23(28-14-16-5-2-1-3-6-16)26-11-4-7-21(26)22-24-19-9-8-17(13-20(19)25-22)18-10-12-29-15-18/h1-3,5-6,8-10,12-13,15,21H,4,7,11,14H2,(H,24,25). The number of H-pyrrole nitrogens is 1. The molecule has 5 rings (SSSR count). The van der Waals surface area contributed by atoms with Crippen molar-refractivity contribution in [2.24, 2.45) is 0 Å². The van der Waals surface area contributed by atoms with Crippen molar-refractivity contribution >= 4 is 28.5 Å². The lowest BCUT2D eigenvalue weighted by Crippen LogP contribution is -2.31. The Kier molecular flexibility index (Phi) is 4.77. The molecule has 1 unspecified atom stereocenters. The van der Waals surface area contributed by atoms with Gasteiger partial charge in [-0.3, -0.25) is 4.90 Å². The maximum absolute atomic E-state index is 12.7. The maximum atomic E-state index is 12.7. The van der Waals surface area contributed by atoms with Crippen molar-refractivity contribution in [3.63, 3.8) is 0 Å². The number of benzene rings is 2. The number of hydrogen-bond donors (Lipinski definition) is 1. The summed E-state index contributed by atoms with van der Waals surface area (Å²) in [5, 5.41) is 4.22. The average Bonchev–Trinajstić information content (AvgIpc) is 3.52. The fourth-order valence-electron chi connectivity index (χ4n) is 3.87. The molecule has 2 aromatic heterocycles. The van der Waals surface area contributed by atoms with Crippen molar-refractivity contribution in [2.75, 3.05) is 6.54 Å². The van der Waals surface area contributed by atoms with Crippen LogP contribution in [0.5, 0.6) is 0 Å². The highest BCUT2D eigenvalue weighted by Gasteiger charge is 2.33. The number of likely N-dealkylation sites (tertiary alicyclic amines) is 1. The molecule has 0 spiro atoms. The van der Waals surface area contributed by atoms with Crippen LogP contribution in [0.4, 0.5) is 4.79 Å². The molecule has 0 saturated carbocycles. The van der Waals surface area contributed by atoms with E-state index in [0.29, 0.717) is 6.54 Å². The number of aromatic nitrogens is 2. The molecule has 4 aromatic rings. The van der Waals surface area contributed by atoms with E-state index in [4.69, 9.17) is 9.72 Å². The van der Waals surface area contributed by atoms with E-state index in [0.717, 1.165) is 35.3 Å². The third kappa shape index (κ3) is 3.63. The predicted octanol–water partition coefficient (Wildman–Crippen LogP) is 5.77. The van der Waals surface area contributed by atoms with E-state index in [9.17, 15) is 4.79 Å². The first-order chi connectivity index (χ1) is 14.3. The Hall–Kier alpha value is -3.12. The lowest BCUT2D eigenvalue weighted by molar-refractivity contribution is 0.0910. The van der Waals surface area contributed by atoms with Gasteiger partial charge in [-0.05, 0) is 58.5 Å². The van der Waals surface area contributed by atoms with Crippen LogP contribution in [-0.4, -0.2) is 27.5 Å². The molecule has 1 amide bonds. The average molecular weight is 404 g/mol. The first-order valence-corrected chi connectivity index (χ1v) is 10.7. The SMILES string of the molecule is O=C(OCc1ccccc1)N1CCCC1c1nc2ccc(-c3ccsc3)cc2[nH]1. The maximum Gasteiger partial charge on any atom is 0.410 e. The summed E-state index contributed by atoms with van der Waals surface area (Å²) in [5.74, 6) is 0.830. The van der Waals surface area contributed by atoms with Gasteiger partial charge < -0.3 is 9.72 Å². The number of amides is 1. The summed E-state index contributed by atoms with van der Waals surface area (Å²) in [4.78, 5) is 22.7. The van der Waals surface area contributed by atoms with Gasteiger partial charge in [-0.1, -0.05) is 36.4 Å².